The highest BCUT2D eigenvalue weighted by Gasteiger charge is 2.33. The summed E-state index contributed by atoms with van der Waals surface area (Å²) in [5.74, 6) is 0. The molecule has 1 saturated heterocycles. The normalized spacial score (nSPS) is 21.1. The van der Waals surface area contributed by atoms with E-state index in [0.717, 1.165) is 38.9 Å². The Labute approximate surface area is 124 Å². The molecule has 1 unspecified atom stereocenters. The van der Waals surface area contributed by atoms with Crippen LogP contribution in [0.25, 0.3) is 0 Å². The quantitative estimate of drug-likeness (QED) is 0.715. The van der Waals surface area contributed by atoms with Gasteiger partial charge in [0.2, 0.25) is 0 Å². The predicted molar refractivity (Wildman–Crippen MR) is 84.0 cm³/mol. The molecule has 20 heavy (non-hydrogen) atoms. The molecule has 1 aliphatic heterocycles. The first-order chi connectivity index (χ1) is 9.29. The first kappa shape index (κ1) is 17.9. The Kier molecular flexibility index (Phi) is 6.92. The highest BCUT2D eigenvalue weighted by Crippen LogP contribution is 2.25. The number of nitrogens with zero attached hydrogens (tertiary/aromatic N) is 1. The smallest absolute Gasteiger partial charge is 0.0817 e. The minimum absolute atomic E-state index is 0.186. The van der Waals surface area contributed by atoms with Crippen molar-refractivity contribution in [3.05, 3.63) is 0 Å². The maximum Gasteiger partial charge on any atom is 0.0817 e. The summed E-state index contributed by atoms with van der Waals surface area (Å²) in [6.07, 6.45) is 2.67. The summed E-state index contributed by atoms with van der Waals surface area (Å²) in [5.41, 5.74) is -0.380. The average Bonchev–Trinajstić information content (AvgIpc) is 2.35. The Morgan fingerprint density at radius 2 is 1.95 bits per heavy atom. The van der Waals surface area contributed by atoms with Crippen LogP contribution in [0.3, 0.4) is 0 Å². The number of ether oxygens (including phenoxy) is 1. The maximum atomic E-state index is 10.6. The van der Waals surface area contributed by atoms with Gasteiger partial charge in [0.15, 0.2) is 0 Å². The minimum atomic E-state index is -0.566. The zero-order valence-corrected chi connectivity index (χ0v) is 14.0. The van der Waals surface area contributed by atoms with Gasteiger partial charge in [0.25, 0.3) is 0 Å². The monoisotopic (exact) mass is 286 g/mol. The first-order valence-corrected chi connectivity index (χ1v) is 8.01. The number of hydrogen-bond donors (Lipinski definition) is 2. The number of nitrogens with one attached hydrogen (secondary N) is 1. The van der Waals surface area contributed by atoms with Crippen LogP contribution in [-0.2, 0) is 4.74 Å². The molecule has 0 aromatic carbocycles. The van der Waals surface area contributed by atoms with Crippen LogP contribution in [0.5, 0.6) is 0 Å². The highest BCUT2D eigenvalue weighted by molar-refractivity contribution is 4.88. The molecule has 0 aromatic rings. The number of likely N-dealkylation sites (N-methyl/N-ethyl adjacent to an activating group) is 1. The molecule has 2 N–H and O–H groups in total. The molecule has 1 heterocycles. The SMILES string of the molecule is CCCNC(C)C(C)(C)CN(C)CC1(O)CCOCC1. The van der Waals surface area contributed by atoms with Gasteiger partial charge in [0.1, 0.15) is 0 Å². The van der Waals surface area contributed by atoms with E-state index in [-0.39, 0.29) is 5.41 Å². The van der Waals surface area contributed by atoms with Crippen molar-refractivity contribution >= 4 is 0 Å². The van der Waals surface area contributed by atoms with Crippen LogP contribution in [0.2, 0.25) is 0 Å². The van der Waals surface area contributed by atoms with Crippen molar-refractivity contribution < 1.29 is 9.84 Å². The lowest BCUT2D eigenvalue weighted by atomic mass is 9.84. The van der Waals surface area contributed by atoms with E-state index < -0.39 is 5.60 Å². The molecule has 0 aliphatic carbocycles. The summed E-state index contributed by atoms with van der Waals surface area (Å²) in [6, 6.07) is 0.467. The van der Waals surface area contributed by atoms with Gasteiger partial charge in [0, 0.05) is 45.2 Å². The van der Waals surface area contributed by atoms with Crippen molar-refractivity contribution in [3.8, 4) is 0 Å². The van der Waals surface area contributed by atoms with Crippen LogP contribution in [0.15, 0.2) is 0 Å². The van der Waals surface area contributed by atoms with Gasteiger partial charge in [-0.15, -0.1) is 0 Å². The van der Waals surface area contributed by atoms with Gasteiger partial charge >= 0.3 is 0 Å². The van der Waals surface area contributed by atoms with Crippen molar-refractivity contribution in [2.75, 3.05) is 39.9 Å². The Hall–Kier alpha value is -0.160. The minimum Gasteiger partial charge on any atom is -0.388 e. The first-order valence-electron chi connectivity index (χ1n) is 8.01. The maximum absolute atomic E-state index is 10.6. The molecular weight excluding hydrogens is 252 g/mol. The zero-order valence-electron chi connectivity index (χ0n) is 14.0. The van der Waals surface area contributed by atoms with Crippen LogP contribution in [0.4, 0.5) is 0 Å². The van der Waals surface area contributed by atoms with Crippen LogP contribution >= 0.6 is 0 Å². The van der Waals surface area contributed by atoms with E-state index >= 15 is 0 Å². The van der Waals surface area contributed by atoms with Gasteiger partial charge in [-0.2, -0.15) is 0 Å². The number of aliphatic hydroxyl groups is 1. The average molecular weight is 286 g/mol. The van der Waals surface area contributed by atoms with Crippen molar-refractivity contribution in [1.29, 1.82) is 0 Å². The van der Waals surface area contributed by atoms with Crippen LogP contribution in [0, 0.1) is 5.41 Å². The van der Waals surface area contributed by atoms with Crippen molar-refractivity contribution in [2.45, 2.75) is 58.6 Å². The fourth-order valence-electron chi connectivity index (χ4n) is 2.94. The topological polar surface area (TPSA) is 44.7 Å². The van der Waals surface area contributed by atoms with E-state index in [1.54, 1.807) is 0 Å². The van der Waals surface area contributed by atoms with Crippen molar-refractivity contribution in [3.63, 3.8) is 0 Å². The fourth-order valence-corrected chi connectivity index (χ4v) is 2.94. The third kappa shape index (κ3) is 5.68. The van der Waals surface area contributed by atoms with Crippen LogP contribution in [0.1, 0.15) is 47.0 Å². The van der Waals surface area contributed by atoms with E-state index in [1.165, 1.54) is 0 Å². The standard InChI is InChI=1S/C16H34N2O2/c1-6-9-17-14(2)15(3,4)12-18(5)13-16(19)7-10-20-11-8-16/h14,17,19H,6-13H2,1-5H3. The lowest BCUT2D eigenvalue weighted by molar-refractivity contribution is -0.0802. The molecule has 4 nitrogen and oxygen atoms in total. The Balaban J connectivity index is 2.44. The second-order valence-electron chi connectivity index (χ2n) is 7.17. The highest BCUT2D eigenvalue weighted by atomic mass is 16.5. The van der Waals surface area contributed by atoms with Crippen LogP contribution in [-0.4, -0.2) is 61.5 Å². The third-order valence-corrected chi connectivity index (χ3v) is 4.54. The van der Waals surface area contributed by atoms with Gasteiger partial charge in [-0.05, 0) is 32.4 Å². The van der Waals surface area contributed by atoms with Crippen LogP contribution < -0.4 is 5.32 Å². The van der Waals surface area contributed by atoms with Gasteiger partial charge in [-0.1, -0.05) is 20.8 Å². The van der Waals surface area contributed by atoms with Crippen molar-refractivity contribution in [2.24, 2.45) is 5.41 Å². The van der Waals surface area contributed by atoms with Gasteiger partial charge in [0.05, 0.1) is 5.60 Å². The van der Waals surface area contributed by atoms with E-state index in [1.807, 2.05) is 0 Å². The molecule has 1 atom stereocenters. The molecule has 120 valence electrons. The third-order valence-electron chi connectivity index (χ3n) is 4.54. The summed E-state index contributed by atoms with van der Waals surface area (Å²) in [5, 5.41) is 14.2. The lowest BCUT2D eigenvalue weighted by Gasteiger charge is -2.40. The summed E-state index contributed by atoms with van der Waals surface area (Å²) in [6.45, 7) is 13.2. The molecule has 0 aromatic heterocycles. The molecule has 0 spiro atoms. The fraction of sp³-hybridized carbons (Fsp3) is 1.00. The number of rotatable bonds is 8. The molecule has 0 saturated carbocycles. The van der Waals surface area contributed by atoms with E-state index in [9.17, 15) is 5.11 Å². The molecule has 0 bridgehead atoms. The number of hydrogen-bond acceptors (Lipinski definition) is 4. The predicted octanol–water partition coefficient (Wildman–Crippen LogP) is 1.87. The second kappa shape index (κ2) is 7.74. The lowest BCUT2D eigenvalue weighted by Crippen LogP contribution is -2.51. The van der Waals surface area contributed by atoms with E-state index in [0.29, 0.717) is 19.3 Å². The molecule has 1 rings (SSSR count). The van der Waals surface area contributed by atoms with Gasteiger partial charge in [-0.3, -0.25) is 0 Å². The molecule has 0 radical (unpaired) electrons. The van der Waals surface area contributed by atoms with E-state index in [4.69, 9.17) is 4.74 Å². The van der Waals surface area contributed by atoms with Gasteiger partial charge in [-0.25, -0.2) is 0 Å². The van der Waals surface area contributed by atoms with Crippen molar-refractivity contribution in [1.82, 2.24) is 10.2 Å². The summed E-state index contributed by atoms with van der Waals surface area (Å²) < 4.78 is 5.34. The summed E-state index contributed by atoms with van der Waals surface area (Å²) in [4.78, 5) is 2.27. The molecule has 4 heteroatoms. The molecular formula is C16H34N2O2. The summed E-state index contributed by atoms with van der Waals surface area (Å²) in [7, 11) is 2.11. The largest absolute Gasteiger partial charge is 0.388 e. The molecule has 0 amide bonds. The molecule has 1 fully saturated rings. The Morgan fingerprint density at radius 1 is 1.35 bits per heavy atom. The second-order valence-corrected chi connectivity index (χ2v) is 7.17. The zero-order chi connectivity index (χ0) is 15.2. The summed E-state index contributed by atoms with van der Waals surface area (Å²) >= 11 is 0. The van der Waals surface area contributed by atoms with E-state index in [2.05, 4.69) is 45.0 Å². The Morgan fingerprint density at radius 3 is 2.50 bits per heavy atom. The Bertz CT molecular complexity index is 276. The molecule has 1 aliphatic rings. The van der Waals surface area contributed by atoms with Gasteiger partial charge < -0.3 is 20.1 Å².